The summed E-state index contributed by atoms with van der Waals surface area (Å²) in [6.45, 7) is 0.531. The van der Waals surface area contributed by atoms with E-state index in [1.807, 2.05) is 6.07 Å². The molecule has 0 saturated carbocycles. The lowest BCUT2D eigenvalue weighted by molar-refractivity contribution is 0.112. The predicted octanol–water partition coefficient (Wildman–Crippen LogP) is 3.16. The first-order valence-corrected chi connectivity index (χ1v) is 5.75. The van der Waals surface area contributed by atoms with Crippen LogP contribution in [0.4, 0.5) is 4.39 Å². The Morgan fingerprint density at radius 1 is 1.17 bits per heavy atom. The van der Waals surface area contributed by atoms with Crippen molar-refractivity contribution >= 4 is 6.29 Å². The third-order valence-corrected chi connectivity index (χ3v) is 3.23. The molecular formula is C15H11FO2. The molecule has 2 nitrogen and oxygen atoms in total. The standard InChI is InChI=1S/C15H11FO2/c16-12-4-2-11(3-5-12)14-9-18-15-7-10(8-17)1-6-13(14)15/h1-8,14H,9H2. The normalized spacial score (nSPS) is 17.1. The number of carbonyl (C=O) groups excluding carboxylic acids is 1. The minimum absolute atomic E-state index is 0.112. The fourth-order valence-corrected chi connectivity index (χ4v) is 2.27. The molecule has 1 aliphatic rings. The maximum atomic E-state index is 12.9. The van der Waals surface area contributed by atoms with E-state index < -0.39 is 0 Å². The first kappa shape index (κ1) is 11.0. The second-order valence-electron chi connectivity index (χ2n) is 4.33. The Balaban J connectivity index is 1.99. The van der Waals surface area contributed by atoms with Crippen molar-refractivity contribution in [1.82, 2.24) is 0 Å². The van der Waals surface area contributed by atoms with Crippen molar-refractivity contribution in [2.45, 2.75) is 5.92 Å². The van der Waals surface area contributed by atoms with Gasteiger partial charge in [0.2, 0.25) is 0 Å². The molecule has 0 bridgehead atoms. The van der Waals surface area contributed by atoms with E-state index in [1.54, 1.807) is 24.3 Å². The fraction of sp³-hybridized carbons (Fsp3) is 0.133. The number of rotatable bonds is 2. The third kappa shape index (κ3) is 1.78. The molecule has 18 heavy (non-hydrogen) atoms. The summed E-state index contributed by atoms with van der Waals surface area (Å²) in [7, 11) is 0. The van der Waals surface area contributed by atoms with Gasteiger partial charge in [-0.15, -0.1) is 0 Å². The Bertz CT molecular complexity index is 590. The van der Waals surface area contributed by atoms with Crippen LogP contribution in [0.1, 0.15) is 27.4 Å². The summed E-state index contributed by atoms with van der Waals surface area (Å²) in [4.78, 5) is 10.7. The lowest BCUT2D eigenvalue weighted by Gasteiger charge is -2.08. The van der Waals surface area contributed by atoms with Crippen LogP contribution in [0.2, 0.25) is 0 Å². The SMILES string of the molecule is O=Cc1ccc2c(c1)OCC2c1ccc(F)cc1. The van der Waals surface area contributed by atoms with E-state index in [2.05, 4.69) is 0 Å². The van der Waals surface area contributed by atoms with Gasteiger partial charge in [0.1, 0.15) is 17.9 Å². The molecule has 1 aliphatic heterocycles. The quantitative estimate of drug-likeness (QED) is 0.756. The highest BCUT2D eigenvalue weighted by Crippen LogP contribution is 2.38. The highest BCUT2D eigenvalue weighted by Gasteiger charge is 2.25. The Morgan fingerprint density at radius 3 is 2.67 bits per heavy atom. The third-order valence-electron chi connectivity index (χ3n) is 3.23. The van der Waals surface area contributed by atoms with Crippen molar-refractivity contribution in [3.8, 4) is 5.75 Å². The highest BCUT2D eigenvalue weighted by atomic mass is 19.1. The zero-order valence-corrected chi connectivity index (χ0v) is 9.60. The van der Waals surface area contributed by atoms with Gasteiger partial charge in [-0.3, -0.25) is 4.79 Å². The van der Waals surface area contributed by atoms with Crippen molar-refractivity contribution in [3.63, 3.8) is 0 Å². The molecule has 3 rings (SSSR count). The van der Waals surface area contributed by atoms with Crippen molar-refractivity contribution in [2.75, 3.05) is 6.61 Å². The van der Waals surface area contributed by atoms with Crippen LogP contribution in [0.15, 0.2) is 42.5 Å². The first-order chi connectivity index (χ1) is 8.78. The topological polar surface area (TPSA) is 26.3 Å². The molecule has 1 atom stereocenters. The molecule has 90 valence electrons. The molecule has 0 amide bonds. The molecule has 2 aromatic rings. The predicted molar refractivity (Wildman–Crippen MR) is 65.6 cm³/mol. The Hall–Kier alpha value is -2.16. The minimum Gasteiger partial charge on any atom is -0.492 e. The van der Waals surface area contributed by atoms with E-state index in [0.29, 0.717) is 12.2 Å². The summed E-state index contributed by atoms with van der Waals surface area (Å²) in [6.07, 6.45) is 0.800. The maximum Gasteiger partial charge on any atom is 0.150 e. The number of halogens is 1. The smallest absolute Gasteiger partial charge is 0.150 e. The molecule has 0 N–H and O–H groups in total. The van der Waals surface area contributed by atoms with E-state index in [-0.39, 0.29) is 11.7 Å². The van der Waals surface area contributed by atoms with Crippen molar-refractivity contribution in [2.24, 2.45) is 0 Å². The Morgan fingerprint density at radius 2 is 1.94 bits per heavy atom. The van der Waals surface area contributed by atoms with E-state index in [0.717, 1.165) is 23.2 Å². The average Bonchev–Trinajstić information content (AvgIpc) is 2.82. The van der Waals surface area contributed by atoms with Crippen LogP contribution < -0.4 is 4.74 Å². The molecule has 0 spiro atoms. The molecule has 1 unspecified atom stereocenters. The summed E-state index contributed by atoms with van der Waals surface area (Å²) in [5.41, 5.74) is 2.68. The molecule has 1 heterocycles. The fourth-order valence-electron chi connectivity index (χ4n) is 2.27. The van der Waals surface area contributed by atoms with Gasteiger partial charge < -0.3 is 4.74 Å². The minimum atomic E-state index is -0.241. The summed E-state index contributed by atoms with van der Waals surface area (Å²) < 4.78 is 18.5. The van der Waals surface area contributed by atoms with Crippen molar-refractivity contribution in [3.05, 3.63) is 65.0 Å². The van der Waals surface area contributed by atoms with Gasteiger partial charge in [0.05, 0.1) is 6.61 Å². The maximum absolute atomic E-state index is 12.9. The van der Waals surface area contributed by atoms with Crippen LogP contribution in [-0.4, -0.2) is 12.9 Å². The van der Waals surface area contributed by atoms with Crippen LogP contribution in [0.25, 0.3) is 0 Å². The second kappa shape index (κ2) is 4.26. The molecule has 0 radical (unpaired) electrons. The number of hydrogen-bond acceptors (Lipinski definition) is 2. The Labute approximate surface area is 104 Å². The summed E-state index contributed by atoms with van der Waals surface area (Å²) in [5.74, 6) is 0.615. The number of fused-ring (bicyclic) bond motifs is 1. The largest absolute Gasteiger partial charge is 0.492 e. The van der Waals surface area contributed by atoms with E-state index in [4.69, 9.17) is 4.74 Å². The summed E-state index contributed by atoms with van der Waals surface area (Å²) >= 11 is 0. The zero-order chi connectivity index (χ0) is 12.5. The number of aldehydes is 1. The lowest BCUT2D eigenvalue weighted by atomic mass is 9.93. The monoisotopic (exact) mass is 242 g/mol. The number of hydrogen-bond donors (Lipinski definition) is 0. The van der Waals surface area contributed by atoms with Crippen LogP contribution in [0, 0.1) is 5.82 Å². The van der Waals surface area contributed by atoms with Gasteiger partial charge in [0.25, 0.3) is 0 Å². The van der Waals surface area contributed by atoms with Crippen LogP contribution in [-0.2, 0) is 0 Å². The van der Waals surface area contributed by atoms with E-state index in [9.17, 15) is 9.18 Å². The van der Waals surface area contributed by atoms with Gasteiger partial charge in [-0.25, -0.2) is 4.39 Å². The molecular weight excluding hydrogens is 231 g/mol. The molecule has 0 aliphatic carbocycles. The second-order valence-corrected chi connectivity index (χ2v) is 4.33. The zero-order valence-electron chi connectivity index (χ0n) is 9.60. The molecule has 0 fully saturated rings. The van der Waals surface area contributed by atoms with Gasteiger partial charge in [-0.1, -0.05) is 24.3 Å². The van der Waals surface area contributed by atoms with Gasteiger partial charge in [0.15, 0.2) is 0 Å². The van der Waals surface area contributed by atoms with E-state index in [1.165, 1.54) is 12.1 Å². The molecule has 0 saturated heterocycles. The molecule has 0 aromatic heterocycles. The van der Waals surface area contributed by atoms with Gasteiger partial charge in [-0.2, -0.15) is 0 Å². The average molecular weight is 242 g/mol. The van der Waals surface area contributed by atoms with Gasteiger partial charge in [0, 0.05) is 17.0 Å². The summed E-state index contributed by atoms with van der Waals surface area (Å²) in [6, 6.07) is 11.9. The van der Waals surface area contributed by atoms with E-state index >= 15 is 0 Å². The van der Waals surface area contributed by atoms with Crippen LogP contribution in [0.3, 0.4) is 0 Å². The molecule has 2 aromatic carbocycles. The number of benzene rings is 2. The first-order valence-electron chi connectivity index (χ1n) is 5.75. The van der Waals surface area contributed by atoms with Gasteiger partial charge >= 0.3 is 0 Å². The Kier molecular flexibility index (Phi) is 2.59. The van der Waals surface area contributed by atoms with Crippen molar-refractivity contribution < 1.29 is 13.9 Å². The molecule has 3 heteroatoms. The van der Waals surface area contributed by atoms with Crippen molar-refractivity contribution in [1.29, 1.82) is 0 Å². The number of ether oxygens (including phenoxy) is 1. The lowest BCUT2D eigenvalue weighted by Crippen LogP contribution is -2.02. The van der Waals surface area contributed by atoms with Gasteiger partial charge in [-0.05, 0) is 23.8 Å². The summed E-state index contributed by atoms with van der Waals surface area (Å²) in [5, 5.41) is 0. The highest BCUT2D eigenvalue weighted by molar-refractivity contribution is 5.76. The number of carbonyl (C=O) groups is 1. The van der Waals surface area contributed by atoms with Crippen LogP contribution >= 0.6 is 0 Å². The van der Waals surface area contributed by atoms with Crippen LogP contribution in [0.5, 0.6) is 5.75 Å².